The van der Waals surface area contributed by atoms with Crippen LogP contribution < -0.4 is 3.53 Å². The predicted octanol–water partition coefficient (Wildman–Crippen LogP) is 1.89. The van der Waals surface area contributed by atoms with E-state index in [1.807, 2.05) is 57.6 Å². The Labute approximate surface area is 104 Å². The van der Waals surface area contributed by atoms with Crippen molar-refractivity contribution in [3.63, 3.8) is 0 Å². The SMILES string of the molecule is O=C(I)[C@H](Cc1ccncc1)NI. The van der Waals surface area contributed by atoms with Gasteiger partial charge >= 0.3 is 0 Å². The minimum absolute atomic E-state index is 0.108. The van der Waals surface area contributed by atoms with Crippen molar-refractivity contribution in [2.24, 2.45) is 0 Å². The van der Waals surface area contributed by atoms with Crippen LogP contribution in [-0.2, 0) is 11.2 Å². The van der Waals surface area contributed by atoms with E-state index in [4.69, 9.17) is 0 Å². The topological polar surface area (TPSA) is 42.0 Å². The molecule has 0 saturated heterocycles. The lowest BCUT2D eigenvalue weighted by Gasteiger charge is -2.09. The zero-order chi connectivity index (χ0) is 9.68. The average molecular weight is 402 g/mol. The Morgan fingerprint density at radius 1 is 1.54 bits per heavy atom. The van der Waals surface area contributed by atoms with Gasteiger partial charge in [0.1, 0.15) is 0 Å². The van der Waals surface area contributed by atoms with Crippen molar-refractivity contribution in [1.82, 2.24) is 8.51 Å². The molecule has 0 bridgehead atoms. The van der Waals surface area contributed by atoms with Crippen molar-refractivity contribution >= 4 is 49.2 Å². The first-order chi connectivity index (χ1) is 6.24. The molecule has 1 atom stereocenters. The molecule has 0 aliphatic heterocycles. The Balaban J connectivity index is 2.62. The quantitative estimate of drug-likeness (QED) is 0.476. The average Bonchev–Trinajstić information content (AvgIpc) is 2.15. The zero-order valence-electron chi connectivity index (χ0n) is 6.71. The van der Waals surface area contributed by atoms with Crippen LogP contribution in [0, 0.1) is 0 Å². The van der Waals surface area contributed by atoms with E-state index in [1.54, 1.807) is 12.4 Å². The van der Waals surface area contributed by atoms with Crippen LogP contribution in [-0.4, -0.2) is 14.8 Å². The highest BCUT2D eigenvalue weighted by Gasteiger charge is 2.13. The van der Waals surface area contributed by atoms with E-state index in [-0.39, 0.29) is 9.83 Å². The van der Waals surface area contributed by atoms with Crippen LogP contribution in [0.1, 0.15) is 5.56 Å². The number of aromatic nitrogens is 1. The number of carbonyl (C=O) groups is 1. The molecule has 0 amide bonds. The summed E-state index contributed by atoms with van der Waals surface area (Å²) in [6.45, 7) is 0. The van der Waals surface area contributed by atoms with Gasteiger partial charge in [-0.2, -0.15) is 0 Å². The summed E-state index contributed by atoms with van der Waals surface area (Å²) in [5, 5.41) is 0. The molecule has 1 N–H and O–H groups in total. The molecule has 0 saturated carbocycles. The van der Waals surface area contributed by atoms with E-state index in [0.717, 1.165) is 5.56 Å². The molecule has 1 rings (SSSR count). The minimum atomic E-state index is -0.108. The number of rotatable bonds is 4. The third-order valence-electron chi connectivity index (χ3n) is 1.59. The Morgan fingerprint density at radius 3 is 2.62 bits per heavy atom. The van der Waals surface area contributed by atoms with E-state index in [9.17, 15) is 4.79 Å². The van der Waals surface area contributed by atoms with Gasteiger partial charge in [0.15, 0.2) is 0 Å². The third-order valence-corrected chi connectivity index (χ3v) is 3.10. The number of nitrogens with one attached hydrogen (secondary N) is 1. The lowest BCUT2D eigenvalue weighted by Crippen LogP contribution is -2.28. The van der Waals surface area contributed by atoms with Gasteiger partial charge in [0.05, 0.1) is 6.04 Å². The number of hydrogen-bond acceptors (Lipinski definition) is 3. The molecular weight excluding hydrogens is 394 g/mol. The summed E-state index contributed by atoms with van der Waals surface area (Å²) in [5.74, 6) is 0. The molecule has 0 fully saturated rings. The molecule has 0 aliphatic rings. The summed E-state index contributed by atoms with van der Waals surface area (Å²) in [4.78, 5) is 15.0. The monoisotopic (exact) mass is 402 g/mol. The van der Waals surface area contributed by atoms with E-state index < -0.39 is 0 Å². The Hall–Kier alpha value is 0.240. The first-order valence-electron chi connectivity index (χ1n) is 3.68. The van der Waals surface area contributed by atoms with E-state index >= 15 is 0 Å². The van der Waals surface area contributed by atoms with Gasteiger partial charge in [-0.3, -0.25) is 9.78 Å². The van der Waals surface area contributed by atoms with Gasteiger partial charge in [-0.05, 0) is 24.1 Å². The molecule has 0 unspecified atom stereocenters. The molecule has 1 aromatic heterocycles. The maximum atomic E-state index is 11.1. The minimum Gasteiger partial charge on any atom is -0.286 e. The second kappa shape index (κ2) is 5.86. The van der Waals surface area contributed by atoms with E-state index in [0.29, 0.717) is 6.42 Å². The number of carbonyl (C=O) groups excluding carboxylic acids is 1. The Bertz CT molecular complexity index is 279. The number of pyridine rings is 1. The molecule has 0 spiro atoms. The van der Waals surface area contributed by atoms with Gasteiger partial charge < -0.3 is 0 Å². The summed E-state index contributed by atoms with van der Waals surface area (Å²) >= 11 is 3.81. The van der Waals surface area contributed by atoms with Gasteiger partial charge in [-0.25, -0.2) is 3.53 Å². The zero-order valence-corrected chi connectivity index (χ0v) is 11.0. The lowest BCUT2D eigenvalue weighted by molar-refractivity contribution is -0.110. The molecule has 13 heavy (non-hydrogen) atoms. The first kappa shape index (κ1) is 11.3. The van der Waals surface area contributed by atoms with Crippen molar-refractivity contribution in [2.75, 3.05) is 0 Å². The first-order valence-corrected chi connectivity index (χ1v) is 5.84. The molecule has 5 heteroatoms. The Morgan fingerprint density at radius 2 is 2.15 bits per heavy atom. The summed E-state index contributed by atoms with van der Waals surface area (Å²) < 4.78 is 3.07. The Kier molecular flexibility index (Phi) is 5.10. The maximum absolute atomic E-state index is 11.1. The smallest absolute Gasteiger partial charge is 0.210 e. The lowest BCUT2D eigenvalue weighted by atomic mass is 10.1. The normalized spacial score (nSPS) is 12.5. The predicted molar refractivity (Wildman–Crippen MR) is 67.9 cm³/mol. The van der Waals surface area contributed by atoms with E-state index in [2.05, 4.69) is 8.51 Å². The summed E-state index contributed by atoms with van der Waals surface area (Å²) in [7, 11) is 0. The highest BCUT2D eigenvalue weighted by Crippen LogP contribution is 2.06. The van der Waals surface area contributed by atoms with Gasteiger partial charge in [-0.15, -0.1) is 0 Å². The van der Waals surface area contributed by atoms with Gasteiger partial charge in [0.2, 0.25) is 3.79 Å². The van der Waals surface area contributed by atoms with Crippen LogP contribution in [0.15, 0.2) is 24.5 Å². The molecule has 1 aromatic rings. The highest BCUT2D eigenvalue weighted by molar-refractivity contribution is 14.1. The van der Waals surface area contributed by atoms with Crippen molar-refractivity contribution in [2.45, 2.75) is 12.5 Å². The van der Waals surface area contributed by atoms with Crippen LogP contribution in [0.4, 0.5) is 0 Å². The van der Waals surface area contributed by atoms with Gasteiger partial charge in [-0.1, -0.05) is 0 Å². The van der Waals surface area contributed by atoms with Gasteiger partial charge in [0.25, 0.3) is 0 Å². The van der Waals surface area contributed by atoms with Gasteiger partial charge in [0, 0.05) is 57.8 Å². The van der Waals surface area contributed by atoms with Crippen LogP contribution in [0.3, 0.4) is 0 Å². The number of hydrogen-bond donors (Lipinski definition) is 1. The number of nitrogens with zero attached hydrogens (tertiary/aromatic N) is 1. The van der Waals surface area contributed by atoms with Crippen molar-refractivity contribution in [1.29, 1.82) is 0 Å². The largest absolute Gasteiger partial charge is 0.286 e. The molecule has 70 valence electrons. The fourth-order valence-corrected chi connectivity index (χ4v) is 2.39. The summed E-state index contributed by atoms with van der Waals surface area (Å²) in [6, 6.07) is 3.73. The molecule has 3 nitrogen and oxygen atoms in total. The van der Waals surface area contributed by atoms with Crippen LogP contribution in [0.2, 0.25) is 0 Å². The van der Waals surface area contributed by atoms with Crippen LogP contribution in [0.5, 0.6) is 0 Å². The van der Waals surface area contributed by atoms with Crippen LogP contribution >= 0.6 is 45.5 Å². The summed E-state index contributed by atoms with van der Waals surface area (Å²) in [5.41, 5.74) is 1.12. The molecule has 0 radical (unpaired) electrons. The maximum Gasteiger partial charge on any atom is 0.210 e. The van der Waals surface area contributed by atoms with Crippen molar-refractivity contribution in [3.05, 3.63) is 30.1 Å². The van der Waals surface area contributed by atoms with E-state index in [1.165, 1.54) is 0 Å². The second-order valence-corrected chi connectivity index (χ2v) is 4.21. The van der Waals surface area contributed by atoms with Crippen molar-refractivity contribution < 1.29 is 4.79 Å². The molecule has 0 aliphatic carbocycles. The summed E-state index contributed by atoms with van der Waals surface area (Å²) in [6.07, 6.45) is 4.18. The molecule has 1 heterocycles. The number of halogens is 2. The molecule has 0 aromatic carbocycles. The fraction of sp³-hybridized carbons (Fsp3) is 0.250. The fourth-order valence-electron chi connectivity index (χ4n) is 0.916. The van der Waals surface area contributed by atoms with Crippen molar-refractivity contribution in [3.8, 4) is 0 Å². The highest BCUT2D eigenvalue weighted by atomic mass is 127. The standard InChI is InChI=1S/C8H8I2N2O/c9-8(13)7(12-10)5-6-1-3-11-4-2-6/h1-4,7,12H,5H2/t7-/m0/s1. The third kappa shape index (κ3) is 3.86. The molecular formula is C8H8I2N2O. The van der Waals surface area contributed by atoms with Crippen LogP contribution in [0.25, 0.3) is 0 Å². The second-order valence-electron chi connectivity index (χ2n) is 2.53.